The van der Waals surface area contributed by atoms with Crippen molar-refractivity contribution in [1.29, 1.82) is 0 Å². The second-order valence-electron chi connectivity index (χ2n) is 13.0. The zero-order valence-electron chi connectivity index (χ0n) is 24.6. The molecule has 222 valence electrons. The van der Waals surface area contributed by atoms with Crippen molar-refractivity contribution in [3.8, 4) is 0 Å². The monoisotopic (exact) mass is 597 g/mol. The molecule has 10 heteroatoms. The van der Waals surface area contributed by atoms with Crippen LogP contribution in [0.25, 0.3) is 21.1 Å². The van der Waals surface area contributed by atoms with Gasteiger partial charge in [-0.25, -0.2) is 4.98 Å². The minimum Gasteiger partial charge on any atom is -0.351 e. The number of hydrogen-bond acceptors (Lipinski definition) is 6. The maximum Gasteiger partial charge on any atom is 0.268 e. The average molecular weight is 598 g/mol. The molecule has 0 unspecified atom stereocenters. The van der Waals surface area contributed by atoms with Crippen molar-refractivity contribution >= 4 is 56.0 Å². The third-order valence-corrected chi connectivity index (χ3v) is 10.8. The van der Waals surface area contributed by atoms with Crippen LogP contribution in [0.2, 0.25) is 0 Å². The normalized spacial score (nSPS) is 23.5. The standard InChI is InChI=1S/C33H35N5O4S/c1-16-8-7-10-21-19(16)14-23(35-21)29(40)37-26(18-12-13-18)32(42)38-15-20-25(33(20,3)4)27(38)30(41)34-17(2)28(39)31-36-22-9-5-6-11-24(22)43-31/h5-11,14,17-18,20,25-27,35H,12-13,15H2,1-4H3,(H,34,41)(H,37,40)/t17-,20-,25-,26-,27-/m0/s1. The average Bonchev–Trinajstić information content (AvgIpc) is 3.63. The minimum atomic E-state index is -0.796. The van der Waals surface area contributed by atoms with Crippen LogP contribution in [0.4, 0.5) is 0 Å². The molecule has 2 saturated carbocycles. The number of thiazole rings is 1. The van der Waals surface area contributed by atoms with E-state index >= 15 is 0 Å². The van der Waals surface area contributed by atoms with Gasteiger partial charge in [0.05, 0.1) is 16.3 Å². The zero-order valence-corrected chi connectivity index (χ0v) is 25.5. The van der Waals surface area contributed by atoms with Gasteiger partial charge in [-0.1, -0.05) is 38.1 Å². The Morgan fingerprint density at radius 3 is 2.56 bits per heavy atom. The molecule has 3 fully saturated rings. The van der Waals surface area contributed by atoms with Crippen LogP contribution in [-0.2, 0) is 9.59 Å². The van der Waals surface area contributed by atoms with E-state index in [1.807, 2.05) is 55.5 Å². The van der Waals surface area contributed by atoms with Gasteiger partial charge in [-0.2, -0.15) is 0 Å². The Hall–Kier alpha value is -4.05. The van der Waals surface area contributed by atoms with Crippen molar-refractivity contribution in [2.24, 2.45) is 23.2 Å². The van der Waals surface area contributed by atoms with Crippen molar-refractivity contribution in [1.82, 2.24) is 25.5 Å². The lowest BCUT2D eigenvalue weighted by atomic mass is 9.98. The molecule has 2 aromatic carbocycles. The highest BCUT2D eigenvalue weighted by molar-refractivity contribution is 7.20. The number of rotatable bonds is 8. The van der Waals surface area contributed by atoms with Crippen LogP contribution in [0.1, 0.15) is 59.5 Å². The van der Waals surface area contributed by atoms with Crippen molar-refractivity contribution < 1.29 is 19.2 Å². The number of aromatic nitrogens is 2. The molecule has 0 spiro atoms. The number of carbonyl (C=O) groups is 4. The summed E-state index contributed by atoms with van der Waals surface area (Å²) in [6.45, 7) is 8.36. The van der Waals surface area contributed by atoms with Gasteiger partial charge in [0.2, 0.25) is 17.6 Å². The summed E-state index contributed by atoms with van der Waals surface area (Å²) in [4.78, 5) is 63.8. The fraction of sp³-hybridized carbons (Fsp3) is 0.424. The number of likely N-dealkylation sites (tertiary alicyclic amines) is 1. The number of fused-ring (bicyclic) bond motifs is 3. The molecule has 2 aliphatic carbocycles. The molecule has 0 bridgehead atoms. The topological polar surface area (TPSA) is 124 Å². The smallest absolute Gasteiger partial charge is 0.268 e. The Labute approximate surface area is 253 Å². The molecule has 4 aromatic rings. The van der Waals surface area contributed by atoms with Gasteiger partial charge in [0.1, 0.15) is 17.8 Å². The maximum absolute atomic E-state index is 14.1. The first kappa shape index (κ1) is 27.8. The molecule has 3 heterocycles. The number of para-hydroxylation sites is 1. The molecular weight excluding hydrogens is 562 g/mol. The summed E-state index contributed by atoms with van der Waals surface area (Å²) in [7, 11) is 0. The third-order valence-electron chi connectivity index (χ3n) is 9.79. The molecule has 3 aliphatic rings. The Morgan fingerprint density at radius 1 is 1.07 bits per heavy atom. The fourth-order valence-electron chi connectivity index (χ4n) is 6.98. The number of hydrogen-bond donors (Lipinski definition) is 3. The van der Waals surface area contributed by atoms with E-state index in [2.05, 4.69) is 34.4 Å². The van der Waals surface area contributed by atoms with Gasteiger partial charge in [-0.3, -0.25) is 19.2 Å². The quantitative estimate of drug-likeness (QED) is 0.259. The number of Topliss-reactive ketones (excluding diaryl/α,β-unsaturated/α-hetero) is 1. The van der Waals surface area contributed by atoms with Crippen molar-refractivity contribution in [2.75, 3.05) is 6.54 Å². The Bertz CT molecular complexity index is 1770. The van der Waals surface area contributed by atoms with E-state index in [-0.39, 0.29) is 46.7 Å². The second-order valence-corrected chi connectivity index (χ2v) is 14.0. The summed E-state index contributed by atoms with van der Waals surface area (Å²) in [5, 5.41) is 7.22. The second kappa shape index (κ2) is 10.0. The lowest BCUT2D eigenvalue weighted by Gasteiger charge is -2.33. The summed E-state index contributed by atoms with van der Waals surface area (Å²) in [6, 6.07) is 13.0. The molecule has 9 nitrogen and oxygen atoms in total. The predicted octanol–water partition coefficient (Wildman–Crippen LogP) is 4.47. The number of piperidine rings is 1. The number of aromatic amines is 1. The molecule has 2 aromatic heterocycles. The predicted molar refractivity (Wildman–Crippen MR) is 165 cm³/mol. The first-order chi connectivity index (χ1) is 20.5. The highest BCUT2D eigenvalue weighted by atomic mass is 32.1. The molecule has 0 radical (unpaired) electrons. The minimum absolute atomic E-state index is 0.00608. The van der Waals surface area contributed by atoms with Crippen LogP contribution >= 0.6 is 11.3 Å². The number of ketones is 1. The van der Waals surface area contributed by atoms with E-state index in [0.29, 0.717) is 17.2 Å². The van der Waals surface area contributed by atoms with E-state index < -0.39 is 18.1 Å². The third kappa shape index (κ3) is 4.72. The summed E-state index contributed by atoms with van der Waals surface area (Å²) in [5.74, 6) is -0.925. The lowest BCUT2D eigenvalue weighted by Crippen LogP contribution is -2.57. The fourth-order valence-corrected chi connectivity index (χ4v) is 7.97. The molecular formula is C33H35N5O4S. The van der Waals surface area contributed by atoms with Crippen LogP contribution in [0.3, 0.4) is 0 Å². The van der Waals surface area contributed by atoms with E-state index in [4.69, 9.17) is 0 Å². The van der Waals surface area contributed by atoms with Crippen LogP contribution in [0.5, 0.6) is 0 Å². The number of amides is 3. The van der Waals surface area contributed by atoms with Gasteiger partial charge in [0.15, 0.2) is 5.01 Å². The first-order valence-corrected chi connectivity index (χ1v) is 15.8. The number of carbonyl (C=O) groups excluding carboxylic acids is 4. The van der Waals surface area contributed by atoms with Gasteiger partial charge in [0, 0.05) is 17.4 Å². The van der Waals surface area contributed by atoms with E-state index in [9.17, 15) is 19.2 Å². The first-order valence-electron chi connectivity index (χ1n) is 14.9. The Balaban J connectivity index is 1.09. The van der Waals surface area contributed by atoms with E-state index in [1.165, 1.54) is 11.3 Å². The van der Waals surface area contributed by atoms with Crippen molar-refractivity contribution in [3.05, 3.63) is 64.8 Å². The lowest BCUT2D eigenvalue weighted by molar-refractivity contribution is -0.142. The summed E-state index contributed by atoms with van der Waals surface area (Å²) >= 11 is 1.31. The van der Waals surface area contributed by atoms with E-state index in [1.54, 1.807) is 11.8 Å². The van der Waals surface area contributed by atoms with Crippen LogP contribution in [0, 0.1) is 30.1 Å². The maximum atomic E-state index is 14.1. The van der Waals surface area contributed by atoms with E-state index in [0.717, 1.165) is 39.5 Å². The Kier molecular flexibility index (Phi) is 6.46. The number of nitrogens with zero attached hydrogens (tertiary/aromatic N) is 2. The molecule has 3 N–H and O–H groups in total. The number of benzene rings is 2. The molecule has 5 atom stereocenters. The summed E-state index contributed by atoms with van der Waals surface area (Å²) in [6.07, 6.45) is 1.69. The number of aryl methyl sites for hydroxylation is 1. The largest absolute Gasteiger partial charge is 0.351 e. The van der Waals surface area contributed by atoms with Gasteiger partial charge < -0.3 is 20.5 Å². The SMILES string of the molecule is Cc1cccc2[nH]c(C(=O)N[C@H](C(=O)N3C[C@H]4[C@@H]([C@H]3C(=O)N[C@@H](C)C(=O)c3nc5ccccc5s3)C4(C)C)C3CC3)cc12. The molecule has 1 aliphatic heterocycles. The number of nitrogens with one attached hydrogen (secondary N) is 3. The summed E-state index contributed by atoms with van der Waals surface area (Å²) < 4.78 is 0.912. The van der Waals surface area contributed by atoms with Gasteiger partial charge in [0.25, 0.3) is 5.91 Å². The molecule has 7 rings (SSSR count). The molecule has 1 saturated heterocycles. The van der Waals surface area contributed by atoms with Gasteiger partial charge >= 0.3 is 0 Å². The molecule has 3 amide bonds. The Morgan fingerprint density at radius 2 is 1.84 bits per heavy atom. The van der Waals surface area contributed by atoms with Gasteiger partial charge in [-0.15, -0.1) is 11.3 Å². The number of H-pyrrole nitrogens is 1. The summed E-state index contributed by atoms with van der Waals surface area (Å²) in [5.41, 5.74) is 3.00. The van der Waals surface area contributed by atoms with Crippen LogP contribution in [0.15, 0.2) is 48.5 Å². The van der Waals surface area contributed by atoms with Gasteiger partial charge in [-0.05, 0) is 79.7 Å². The van der Waals surface area contributed by atoms with Crippen LogP contribution < -0.4 is 10.6 Å². The van der Waals surface area contributed by atoms with Crippen molar-refractivity contribution in [2.45, 2.75) is 58.7 Å². The highest BCUT2D eigenvalue weighted by Gasteiger charge is 2.69. The molecule has 43 heavy (non-hydrogen) atoms. The zero-order chi connectivity index (χ0) is 30.2. The van der Waals surface area contributed by atoms with Crippen molar-refractivity contribution in [3.63, 3.8) is 0 Å². The highest BCUT2D eigenvalue weighted by Crippen LogP contribution is 2.65. The van der Waals surface area contributed by atoms with Crippen LogP contribution in [-0.4, -0.2) is 63.0 Å².